The molecule has 11 heteroatoms. The predicted molar refractivity (Wildman–Crippen MR) is 169 cm³/mol. The molecule has 1 aliphatic carbocycles. The predicted octanol–water partition coefficient (Wildman–Crippen LogP) is 5.34. The third kappa shape index (κ3) is 7.02. The summed E-state index contributed by atoms with van der Waals surface area (Å²) in [5.74, 6) is 7.51. The summed E-state index contributed by atoms with van der Waals surface area (Å²) in [7, 11) is 3.05. The van der Waals surface area contributed by atoms with Crippen LogP contribution in [0.3, 0.4) is 0 Å². The lowest BCUT2D eigenvalue weighted by molar-refractivity contribution is -0.140. The molecule has 240 valence electrons. The summed E-state index contributed by atoms with van der Waals surface area (Å²) in [6.07, 6.45) is -0.113. The number of benzene rings is 2. The number of nitrogens with zero attached hydrogens (tertiary/aromatic N) is 2. The zero-order valence-electron chi connectivity index (χ0n) is 25.7. The van der Waals surface area contributed by atoms with Gasteiger partial charge in [-0.2, -0.15) is 13.2 Å². The Kier molecular flexibility index (Phi) is 9.15. The number of methoxy groups -OCH3 is 1. The Morgan fingerprint density at radius 3 is 2.49 bits per heavy atom. The Morgan fingerprint density at radius 2 is 1.80 bits per heavy atom. The van der Waals surface area contributed by atoms with E-state index < -0.39 is 12.7 Å². The summed E-state index contributed by atoms with van der Waals surface area (Å²) in [6.45, 7) is 3.10. The van der Waals surface area contributed by atoms with Gasteiger partial charge in [-0.1, -0.05) is 12.0 Å². The minimum atomic E-state index is -4.40. The first-order valence-electron chi connectivity index (χ1n) is 15.6. The van der Waals surface area contributed by atoms with Crippen molar-refractivity contribution < 1.29 is 27.4 Å². The summed E-state index contributed by atoms with van der Waals surface area (Å²) >= 11 is 0. The molecule has 2 saturated heterocycles. The van der Waals surface area contributed by atoms with Gasteiger partial charge in [-0.25, -0.2) is 0 Å². The number of anilines is 2. The Morgan fingerprint density at radius 1 is 1.04 bits per heavy atom. The lowest BCUT2D eigenvalue weighted by Crippen LogP contribution is -2.40. The van der Waals surface area contributed by atoms with E-state index in [-0.39, 0.29) is 18.5 Å². The van der Waals surface area contributed by atoms with Crippen LogP contribution in [0, 0.1) is 23.7 Å². The van der Waals surface area contributed by atoms with Gasteiger partial charge in [0.2, 0.25) is 0 Å². The zero-order valence-corrected chi connectivity index (χ0v) is 25.7. The Balaban J connectivity index is 1.15. The number of hydrogen-bond acceptors (Lipinski definition) is 6. The molecule has 1 saturated carbocycles. The number of likely N-dealkylation sites (tertiary alicyclic amines) is 1. The average Bonchev–Trinajstić information content (AvgIpc) is 3.73. The first-order chi connectivity index (χ1) is 21.7. The molecule has 2 aromatic carbocycles. The van der Waals surface area contributed by atoms with Crippen molar-refractivity contribution in [3.8, 4) is 17.6 Å². The summed E-state index contributed by atoms with van der Waals surface area (Å²) in [6, 6.07) is 13.1. The molecular formula is C34H40F3N5O3. The number of alkyl halides is 3. The molecule has 3 N–H and O–H groups in total. The number of hydrogen-bond donors (Lipinski definition) is 3. The number of amides is 1. The Hall–Kier alpha value is -3.88. The highest BCUT2D eigenvalue weighted by molar-refractivity contribution is 5.95. The molecule has 45 heavy (non-hydrogen) atoms. The molecule has 0 radical (unpaired) electrons. The van der Waals surface area contributed by atoms with Crippen LogP contribution in [0.4, 0.5) is 24.5 Å². The fourth-order valence-electron chi connectivity index (χ4n) is 7.09. The van der Waals surface area contributed by atoms with Gasteiger partial charge in [0.25, 0.3) is 5.91 Å². The lowest BCUT2D eigenvalue weighted by Gasteiger charge is -2.35. The van der Waals surface area contributed by atoms with Crippen LogP contribution >= 0.6 is 0 Å². The van der Waals surface area contributed by atoms with Crippen LogP contribution in [0.15, 0.2) is 42.5 Å². The summed E-state index contributed by atoms with van der Waals surface area (Å²) < 4.78 is 53.4. The van der Waals surface area contributed by atoms with Crippen molar-refractivity contribution in [2.45, 2.75) is 50.5 Å². The number of carbonyl (C=O) groups is 1. The molecule has 2 aliphatic heterocycles. The van der Waals surface area contributed by atoms with E-state index in [9.17, 15) is 18.0 Å². The SMILES string of the molecule is CNC(=O)c1ccc(NCC#Cc2cc3c(N[C@H]4CC[C@H](N5CC6COCC6C5)CC4)cccc3n2CC(F)(F)F)c(OC)c1. The number of ether oxygens (including phenoxy) is 2. The minimum absolute atomic E-state index is 0.170. The van der Waals surface area contributed by atoms with Crippen LogP contribution < -0.4 is 20.7 Å². The van der Waals surface area contributed by atoms with Gasteiger partial charge in [0.15, 0.2) is 0 Å². The van der Waals surface area contributed by atoms with E-state index in [0.29, 0.717) is 46.1 Å². The second kappa shape index (κ2) is 13.2. The molecule has 2 atom stereocenters. The van der Waals surface area contributed by atoms with Crippen LogP contribution in [0.5, 0.6) is 5.75 Å². The number of carbonyl (C=O) groups excluding carboxylic acids is 1. The molecule has 3 aliphatic rings. The normalized spacial score (nSPS) is 23.3. The highest BCUT2D eigenvalue weighted by atomic mass is 19.4. The molecule has 8 nitrogen and oxygen atoms in total. The van der Waals surface area contributed by atoms with Crippen molar-refractivity contribution in [3.63, 3.8) is 0 Å². The largest absolute Gasteiger partial charge is 0.495 e. The van der Waals surface area contributed by atoms with Gasteiger partial charge in [0, 0.05) is 60.7 Å². The third-order valence-electron chi connectivity index (χ3n) is 9.40. The molecule has 2 unspecified atom stereocenters. The van der Waals surface area contributed by atoms with Gasteiger partial charge in [-0.05, 0) is 68.0 Å². The van der Waals surface area contributed by atoms with Crippen molar-refractivity contribution in [3.05, 3.63) is 53.7 Å². The Bertz CT molecular complexity index is 1570. The number of rotatable bonds is 8. The van der Waals surface area contributed by atoms with Crippen molar-refractivity contribution in [2.24, 2.45) is 11.8 Å². The molecule has 1 amide bonds. The highest BCUT2D eigenvalue weighted by Crippen LogP contribution is 2.36. The van der Waals surface area contributed by atoms with Crippen LogP contribution in [0.25, 0.3) is 10.9 Å². The first-order valence-corrected chi connectivity index (χ1v) is 15.6. The highest BCUT2D eigenvalue weighted by Gasteiger charge is 2.40. The third-order valence-corrected chi connectivity index (χ3v) is 9.40. The van der Waals surface area contributed by atoms with Gasteiger partial charge in [-0.3, -0.25) is 9.69 Å². The molecule has 3 aromatic rings. The second-order valence-corrected chi connectivity index (χ2v) is 12.3. The number of fused-ring (bicyclic) bond motifs is 2. The number of nitrogens with one attached hydrogen (secondary N) is 3. The molecule has 3 heterocycles. The molecule has 0 bridgehead atoms. The standard InChI is InChI=1S/C34H40F3N5O3/c1-38-33(43)22-8-13-30(32(15-22)44-2)39-14-4-5-27-16-28-29(6-3-7-31(28)42(27)21-34(35,36)37)40-25-9-11-26(12-10-25)41-17-23-19-45-20-24(23)18-41/h3,6-8,13,15-16,23-26,39-40H,9-12,14,17-21H2,1-2H3,(H,38,43)/t23?,24?,25-,26-. The molecule has 6 rings (SSSR count). The molecule has 0 spiro atoms. The Labute approximate surface area is 261 Å². The van der Waals surface area contributed by atoms with E-state index in [1.165, 1.54) is 11.7 Å². The van der Waals surface area contributed by atoms with E-state index in [2.05, 4.69) is 32.7 Å². The van der Waals surface area contributed by atoms with Crippen molar-refractivity contribution in [2.75, 3.05) is 57.6 Å². The summed E-state index contributed by atoms with van der Waals surface area (Å²) in [5, 5.41) is 10.1. The maximum Gasteiger partial charge on any atom is 0.406 e. The van der Waals surface area contributed by atoms with Gasteiger partial charge in [-0.15, -0.1) is 0 Å². The number of halogens is 3. The topological polar surface area (TPSA) is 79.8 Å². The van der Waals surface area contributed by atoms with Crippen LogP contribution in [-0.2, 0) is 11.3 Å². The van der Waals surface area contributed by atoms with Crippen LogP contribution in [0.2, 0.25) is 0 Å². The second-order valence-electron chi connectivity index (χ2n) is 12.3. The molecule has 3 fully saturated rings. The lowest BCUT2D eigenvalue weighted by atomic mass is 9.90. The smallest absolute Gasteiger partial charge is 0.406 e. The van der Waals surface area contributed by atoms with Crippen molar-refractivity contribution >= 4 is 28.2 Å². The maximum absolute atomic E-state index is 13.7. The van der Waals surface area contributed by atoms with E-state index in [0.717, 1.165) is 63.1 Å². The van der Waals surface area contributed by atoms with Crippen molar-refractivity contribution in [1.29, 1.82) is 0 Å². The fourth-order valence-corrected chi connectivity index (χ4v) is 7.09. The van der Waals surface area contributed by atoms with Gasteiger partial charge in [0.05, 0.1) is 43.8 Å². The average molecular weight is 624 g/mol. The van der Waals surface area contributed by atoms with E-state index in [4.69, 9.17) is 9.47 Å². The van der Waals surface area contributed by atoms with Crippen LogP contribution in [0.1, 0.15) is 41.7 Å². The van der Waals surface area contributed by atoms with E-state index >= 15 is 0 Å². The van der Waals surface area contributed by atoms with Crippen LogP contribution in [-0.4, -0.2) is 80.6 Å². The number of aromatic nitrogens is 1. The quantitative estimate of drug-likeness (QED) is 0.294. The fraction of sp³-hybridized carbons (Fsp3) is 0.500. The van der Waals surface area contributed by atoms with Gasteiger partial charge in [0.1, 0.15) is 12.3 Å². The van der Waals surface area contributed by atoms with Crippen molar-refractivity contribution in [1.82, 2.24) is 14.8 Å². The molecular weight excluding hydrogens is 583 g/mol. The molecule has 1 aromatic heterocycles. The van der Waals surface area contributed by atoms with E-state index in [1.54, 1.807) is 37.4 Å². The first kappa shape index (κ1) is 31.1. The van der Waals surface area contributed by atoms with Gasteiger partial charge < -0.3 is 30.0 Å². The zero-order chi connectivity index (χ0) is 31.6. The summed E-state index contributed by atoms with van der Waals surface area (Å²) in [5.41, 5.74) is 2.71. The summed E-state index contributed by atoms with van der Waals surface area (Å²) in [4.78, 5) is 14.6. The minimum Gasteiger partial charge on any atom is -0.495 e. The van der Waals surface area contributed by atoms with E-state index in [1.807, 2.05) is 12.1 Å². The van der Waals surface area contributed by atoms with Gasteiger partial charge >= 0.3 is 6.18 Å². The maximum atomic E-state index is 13.7. The monoisotopic (exact) mass is 623 g/mol.